The number of aromatic amines is 1. The largest absolute Gasteiger partial charge is 0.422 e. The van der Waals surface area contributed by atoms with Crippen molar-refractivity contribution < 1.29 is 4.42 Å². The highest BCUT2D eigenvalue weighted by Gasteiger charge is 2.13. The lowest BCUT2D eigenvalue weighted by Crippen LogP contribution is -2.03. The van der Waals surface area contributed by atoms with E-state index in [1.165, 1.54) is 0 Å². The summed E-state index contributed by atoms with van der Waals surface area (Å²) < 4.78 is 5.36. The second-order valence-electron chi connectivity index (χ2n) is 4.60. The number of benzene rings is 2. The van der Waals surface area contributed by atoms with Crippen LogP contribution in [-0.4, -0.2) is 10.2 Å². The Morgan fingerprint density at radius 3 is 2.75 bits per heavy atom. The summed E-state index contributed by atoms with van der Waals surface area (Å²) in [7, 11) is 0. The molecule has 2 aromatic heterocycles. The predicted octanol–water partition coefficient (Wildman–Crippen LogP) is 3.34. The third-order valence-corrected chi connectivity index (χ3v) is 3.37. The van der Waals surface area contributed by atoms with Crippen molar-refractivity contribution in [1.29, 1.82) is 0 Å². The monoisotopic (exact) mass is 262 g/mol. The van der Waals surface area contributed by atoms with E-state index >= 15 is 0 Å². The molecule has 0 saturated heterocycles. The van der Waals surface area contributed by atoms with Crippen molar-refractivity contribution in [3.05, 3.63) is 65.0 Å². The van der Waals surface area contributed by atoms with E-state index in [-0.39, 0.29) is 5.63 Å². The molecule has 2 heterocycles. The lowest BCUT2D eigenvalue weighted by molar-refractivity contribution is 0.563. The van der Waals surface area contributed by atoms with E-state index in [1.807, 2.05) is 48.5 Å². The highest BCUT2D eigenvalue weighted by atomic mass is 16.4. The molecule has 0 fully saturated rings. The smallest absolute Gasteiger partial charge is 0.345 e. The van der Waals surface area contributed by atoms with Crippen LogP contribution in [0.15, 0.2) is 63.8 Å². The minimum Gasteiger partial charge on any atom is -0.422 e. The third kappa shape index (κ3) is 1.55. The Kier molecular flexibility index (Phi) is 2.23. The molecule has 2 aromatic carbocycles. The molecular weight excluding hydrogens is 252 g/mol. The van der Waals surface area contributed by atoms with Gasteiger partial charge < -0.3 is 4.42 Å². The van der Waals surface area contributed by atoms with Crippen molar-refractivity contribution in [3.63, 3.8) is 0 Å². The Bertz CT molecular complexity index is 982. The topological polar surface area (TPSA) is 58.9 Å². The fourth-order valence-electron chi connectivity index (χ4n) is 2.40. The van der Waals surface area contributed by atoms with Gasteiger partial charge in [0.15, 0.2) is 0 Å². The van der Waals surface area contributed by atoms with Gasteiger partial charge in [-0.15, -0.1) is 0 Å². The van der Waals surface area contributed by atoms with Crippen LogP contribution in [0.5, 0.6) is 0 Å². The number of hydrogen-bond donors (Lipinski definition) is 1. The normalized spacial score (nSPS) is 11.2. The van der Waals surface area contributed by atoms with E-state index in [4.69, 9.17) is 4.42 Å². The number of nitrogens with zero attached hydrogens (tertiary/aromatic N) is 1. The van der Waals surface area contributed by atoms with Gasteiger partial charge in [-0.25, -0.2) is 4.79 Å². The van der Waals surface area contributed by atoms with Gasteiger partial charge in [-0.3, -0.25) is 5.10 Å². The van der Waals surface area contributed by atoms with Gasteiger partial charge in [-0.1, -0.05) is 36.4 Å². The van der Waals surface area contributed by atoms with Gasteiger partial charge in [0.1, 0.15) is 11.3 Å². The first-order valence-electron chi connectivity index (χ1n) is 6.29. The molecule has 0 spiro atoms. The zero-order chi connectivity index (χ0) is 13.5. The summed E-state index contributed by atoms with van der Waals surface area (Å²) in [5, 5.41) is 8.98. The molecule has 4 rings (SSSR count). The Morgan fingerprint density at radius 2 is 1.80 bits per heavy atom. The average molecular weight is 262 g/mol. The van der Waals surface area contributed by atoms with Gasteiger partial charge in [0.05, 0.1) is 11.1 Å². The van der Waals surface area contributed by atoms with Crippen LogP contribution in [0.25, 0.3) is 33.1 Å². The lowest BCUT2D eigenvalue weighted by atomic mass is 10.1. The van der Waals surface area contributed by atoms with Crippen LogP contribution in [-0.2, 0) is 0 Å². The zero-order valence-electron chi connectivity index (χ0n) is 10.5. The molecule has 4 aromatic rings. The van der Waals surface area contributed by atoms with E-state index in [9.17, 15) is 4.79 Å². The lowest BCUT2D eigenvalue weighted by Gasteiger charge is -1.99. The maximum absolute atomic E-state index is 12.2. The van der Waals surface area contributed by atoms with Crippen molar-refractivity contribution in [1.82, 2.24) is 10.2 Å². The second-order valence-corrected chi connectivity index (χ2v) is 4.60. The molecule has 0 bridgehead atoms. The number of para-hydroxylation sites is 2. The summed E-state index contributed by atoms with van der Waals surface area (Å²) in [6.07, 6.45) is 0. The van der Waals surface area contributed by atoms with Crippen molar-refractivity contribution in [2.45, 2.75) is 0 Å². The molecule has 0 radical (unpaired) electrons. The number of H-pyrrole nitrogens is 1. The Labute approximate surface area is 113 Å². The SMILES string of the molecule is O=c1oc2ccccc2cc1-c1n[nH]c2ccccc12. The van der Waals surface area contributed by atoms with Crippen molar-refractivity contribution >= 4 is 21.9 Å². The molecule has 0 aliphatic carbocycles. The number of rotatable bonds is 1. The third-order valence-electron chi connectivity index (χ3n) is 3.37. The highest BCUT2D eigenvalue weighted by molar-refractivity contribution is 5.94. The molecule has 0 amide bonds. The molecule has 0 unspecified atom stereocenters. The van der Waals surface area contributed by atoms with Gasteiger partial charge in [-0.05, 0) is 18.2 Å². The van der Waals surface area contributed by atoms with Gasteiger partial charge in [-0.2, -0.15) is 5.10 Å². The van der Waals surface area contributed by atoms with Crippen LogP contribution < -0.4 is 5.63 Å². The molecule has 0 atom stereocenters. The standard InChI is InChI=1S/C16H10N2O2/c19-16-12(9-10-5-1-4-8-14(10)20-16)15-11-6-2-3-7-13(11)17-18-15/h1-9H,(H,17,18). The van der Waals surface area contributed by atoms with E-state index in [2.05, 4.69) is 10.2 Å². The van der Waals surface area contributed by atoms with Crippen molar-refractivity contribution in [2.75, 3.05) is 0 Å². The minimum atomic E-state index is -0.374. The first-order valence-corrected chi connectivity index (χ1v) is 6.29. The van der Waals surface area contributed by atoms with Gasteiger partial charge in [0, 0.05) is 10.8 Å². The number of nitrogens with one attached hydrogen (secondary N) is 1. The first-order chi connectivity index (χ1) is 9.83. The van der Waals surface area contributed by atoms with Crippen molar-refractivity contribution in [3.8, 4) is 11.3 Å². The van der Waals surface area contributed by atoms with Crippen LogP contribution in [0.1, 0.15) is 0 Å². The molecule has 96 valence electrons. The van der Waals surface area contributed by atoms with E-state index in [1.54, 1.807) is 6.07 Å². The van der Waals surface area contributed by atoms with Crippen LogP contribution in [0, 0.1) is 0 Å². The van der Waals surface area contributed by atoms with Gasteiger partial charge >= 0.3 is 5.63 Å². The molecular formula is C16H10N2O2. The van der Waals surface area contributed by atoms with E-state index in [0.717, 1.165) is 16.3 Å². The summed E-state index contributed by atoms with van der Waals surface area (Å²) in [6.45, 7) is 0. The fraction of sp³-hybridized carbons (Fsp3) is 0. The van der Waals surface area contributed by atoms with Gasteiger partial charge in [0.25, 0.3) is 0 Å². The quantitative estimate of drug-likeness (QED) is 0.535. The highest BCUT2D eigenvalue weighted by Crippen LogP contribution is 2.25. The molecule has 1 N–H and O–H groups in total. The Hall–Kier alpha value is -2.88. The summed E-state index contributed by atoms with van der Waals surface area (Å²) >= 11 is 0. The first kappa shape index (κ1) is 11.0. The maximum atomic E-state index is 12.2. The maximum Gasteiger partial charge on any atom is 0.345 e. The Morgan fingerprint density at radius 1 is 1.00 bits per heavy atom. The molecule has 0 aliphatic heterocycles. The minimum absolute atomic E-state index is 0.374. The van der Waals surface area contributed by atoms with Crippen LogP contribution >= 0.6 is 0 Å². The number of hydrogen-bond acceptors (Lipinski definition) is 3. The average Bonchev–Trinajstić information content (AvgIpc) is 2.90. The zero-order valence-corrected chi connectivity index (χ0v) is 10.5. The van der Waals surface area contributed by atoms with Crippen LogP contribution in [0.4, 0.5) is 0 Å². The Balaban J connectivity index is 2.07. The molecule has 20 heavy (non-hydrogen) atoms. The summed E-state index contributed by atoms with van der Waals surface area (Å²) in [4.78, 5) is 12.2. The second kappa shape index (κ2) is 4.06. The summed E-state index contributed by atoms with van der Waals surface area (Å²) in [6, 6.07) is 17.0. The summed E-state index contributed by atoms with van der Waals surface area (Å²) in [5.41, 5.74) is 2.21. The van der Waals surface area contributed by atoms with Crippen LogP contribution in [0.3, 0.4) is 0 Å². The van der Waals surface area contributed by atoms with Crippen molar-refractivity contribution in [2.24, 2.45) is 0 Å². The fourth-order valence-corrected chi connectivity index (χ4v) is 2.40. The van der Waals surface area contributed by atoms with Crippen LogP contribution in [0.2, 0.25) is 0 Å². The van der Waals surface area contributed by atoms with E-state index in [0.29, 0.717) is 16.8 Å². The molecule has 4 nitrogen and oxygen atoms in total. The molecule has 0 saturated carbocycles. The van der Waals surface area contributed by atoms with Gasteiger partial charge in [0.2, 0.25) is 0 Å². The number of fused-ring (bicyclic) bond motifs is 2. The van der Waals surface area contributed by atoms with E-state index < -0.39 is 0 Å². The number of aromatic nitrogens is 2. The molecule has 4 heteroatoms. The predicted molar refractivity (Wildman–Crippen MR) is 77.6 cm³/mol. The summed E-state index contributed by atoms with van der Waals surface area (Å²) in [5.74, 6) is 0. The molecule has 0 aliphatic rings.